The van der Waals surface area contributed by atoms with E-state index in [-0.39, 0.29) is 11.2 Å². The van der Waals surface area contributed by atoms with Crippen LogP contribution in [0, 0.1) is 0 Å². The van der Waals surface area contributed by atoms with Crippen molar-refractivity contribution in [1.29, 1.82) is 0 Å². The summed E-state index contributed by atoms with van der Waals surface area (Å²) in [5.74, 6) is 0. The smallest absolute Gasteiger partial charge is 0.399 e. The molecule has 0 atom stereocenters. The Morgan fingerprint density at radius 3 is 2.33 bits per heavy atom. The average molecular weight is 288 g/mol. The zero-order chi connectivity index (χ0) is 15.7. The summed E-state index contributed by atoms with van der Waals surface area (Å²) < 4.78 is 12.0. The van der Waals surface area contributed by atoms with E-state index in [2.05, 4.69) is 10.3 Å². The second-order valence-electron chi connectivity index (χ2n) is 6.08. The Bertz CT molecular complexity index is 554. The van der Waals surface area contributed by atoms with Crippen LogP contribution in [0.3, 0.4) is 0 Å². The number of carbonyl (C=O) groups is 1. The molecule has 0 radical (unpaired) electrons. The molecule has 6 heteroatoms. The number of aldehydes is 1. The van der Waals surface area contributed by atoms with Crippen LogP contribution in [0.25, 0.3) is 0 Å². The molecule has 112 valence electrons. The Balaban J connectivity index is 2.31. The van der Waals surface area contributed by atoms with Gasteiger partial charge in [-0.1, -0.05) is 6.07 Å². The maximum atomic E-state index is 11.1. The summed E-state index contributed by atoms with van der Waals surface area (Å²) in [5.41, 5.74) is 1.34. The highest BCUT2D eigenvalue weighted by molar-refractivity contribution is 6.62. The fourth-order valence-corrected chi connectivity index (χ4v) is 2.06. The van der Waals surface area contributed by atoms with Crippen molar-refractivity contribution in [3.05, 3.63) is 23.8 Å². The van der Waals surface area contributed by atoms with Crippen LogP contribution in [-0.2, 0) is 9.31 Å². The number of benzene rings is 1. The van der Waals surface area contributed by atoms with Crippen molar-refractivity contribution in [2.45, 2.75) is 38.9 Å². The van der Waals surface area contributed by atoms with Crippen LogP contribution in [0.15, 0.2) is 23.2 Å². The van der Waals surface area contributed by atoms with E-state index in [9.17, 15) is 4.79 Å². The van der Waals surface area contributed by atoms with Crippen molar-refractivity contribution >= 4 is 30.9 Å². The number of rotatable bonds is 4. The zero-order valence-corrected chi connectivity index (χ0v) is 13.1. The molecule has 21 heavy (non-hydrogen) atoms. The lowest BCUT2D eigenvalue weighted by molar-refractivity contribution is 0.00578. The molecule has 0 amide bonds. The van der Waals surface area contributed by atoms with Gasteiger partial charge in [0.2, 0.25) is 0 Å². The lowest BCUT2D eigenvalue weighted by atomic mass is 9.78. The maximum absolute atomic E-state index is 11.1. The molecule has 2 rings (SSSR count). The predicted octanol–water partition coefficient (Wildman–Crippen LogP) is 1.87. The molecule has 5 nitrogen and oxygen atoms in total. The van der Waals surface area contributed by atoms with E-state index in [4.69, 9.17) is 9.31 Å². The van der Waals surface area contributed by atoms with Crippen molar-refractivity contribution in [1.82, 2.24) is 0 Å². The zero-order valence-electron chi connectivity index (χ0n) is 13.1. The molecule has 0 saturated carbocycles. The average Bonchev–Trinajstić information content (AvgIpc) is 2.65. The molecule has 1 aliphatic heterocycles. The molecular formula is C15H21BN2O3. The molecule has 1 N–H and O–H groups in total. The first-order chi connectivity index (χ1) is 9.80. The summed E-state index contributed by atoms with van der Waals surface area (Å²) in [4.78, 5) is 14.9. The van der Waals surface area contributed by atoms with Crippen molar-refractivity contribution in [2.24, 2.45) is 4.99 Å². The Hall–Kier alpha value is -1.66. The SMILES string of the molecule is CN=CNc1cc(B2OC(C)(C)C(C)(C)O2)ccc1C=O. The summed E-state index contributed by atoms with van der Waals surface area (Å²) in [6, 6.07) is 5.45. The lowest BCUT2D eigenvalue weighted by Crippen LogP contribution is -2.41. The minimum atomic E-state index is -0.449. The maximum Gasteiger partial charge on any atom is 0.494 e. The molecule has 0 spiro atoms. The van der Waals surface area contributed by atoms with Gasteiger partial charge in [-0.25, -0.2) is 0 Å². The van der Waals surface area contributed by atoms with Crippen LogP contribution in [0.2, 0.25) is 0 Å². The van der Waals surface area contributed by atoms with Gasteiger partial charge in [-0.05, 0) is 45.3 Å². The molecule has 1 aromatic rings. The predicted molar refractivity (Wildman–Crippen MR) is 85.6 cm³/mol. The van der Waals surface area contributed by atoms with Gasteiger partial charge in [0.1, 0.15) is 0 Å². The van der Waals surface area contributed by atoms with E-state index in [0.717, 1.165) is 11.7 Å². The number of hydrogen-bond donors (Lipinski definition) is 1. The summed E-state index contributed by atoms with van der Waals surface area (Å²) in [6.45, 7) is 8.04. The Labute approximate surface area is 125 Å². The Morgan fingerprint density at radius 1 is 1.19 bits per heavy atom. The van der Waals surface area contributed by atoms with Crippen LogP contribution in [0.1, 0.15) is 38.1 Å². The first-order valence-electron chi connectivity index (χ1n) is 6.92. The molecule has 1 fully saturated rings. The molecule has 1 saturated heterocycles. The monoisotopic (exact) mass is 288 g/mol. The van der Waals surface area contributed by atoms with Crippen LogP contribution in [-0.4, -0.2) is 38.0 Å². The van der Waals surface area contributed by atoms with Crippen molar-refractivity contribution in [3.8, 4) is 0 Å². The molecular weight excluding hydrogens is 267 g/mol. The Kier molecular flexibility index (Phi) is 4.21. The third-order valence-corrected chi connectivity index (χ3v) is 4.08. The largest absolute Gasteiger partial charge is 0.494 e. The minimum absolute atomic E-state index is 0.389. The number of nitrogens with one attached hydrogen (secondary N) is 1. The van der Waals surface area contributed by atoms with Gasteiger partial charge in [0.25, 0.3) is 0 Å². The lowest BCUT2D eigenvalue weighted by Gasteiger charge is -2.32. The van der Waals surface area contributed by atoms with Gasteiger partial charge in [-0.15, -0.1) is 0 Å². The van der Waals surface area contributed by atoms with Gasteiger partial charge < -0.3 is 14.6 Å². The van der Waals surface area contributed by atoms with Gasteiger partial charge >= 0.3 is 7.12 Å². The number of nitrogens with zero attached hydrogens (tertiary/aromatic N) is 1. The summed E-state index contributed by atoms with van der Waals surface area (Å²) >= 11 is 0. The van der Waals surface area contributed by atoms with Crippen LogP contribution in [0.5, 0.6) is 0 Å². The van der Waals surface area contributed by atoms with E-state index in [1.807, 2.05) is 39.8 Å². The van der Waals surface area contributed by atoms with Crippen molar-refractivity contribution in [3.63, 3.8) is 0 Å². The number of aliphatic imine (C=N–C) groups is 1. The summed E-state index contributed by atoms with van der Waals surface area (Å²) in [6.07, 6.45) is 2.34. The van der Waals surface area contributed by atoms with E-state index in [1.165, 1.54) is 6.34 Å². The van der Waals surface area contributed by atoms with Crippen LogP contribution >= 0.6 is 0 Å². The third kappa shape index (κ3) is 3.01. The van der Waals surface area contributed by atoms with Gasteiger partial charge in [0.05, 0.1) is 17.5 Å². The highest BCUT2D eigenvalue weighted by atomic mass is 16.7. The highest BCUT2D eigenvalue weighted by Gasteiger charge is 2.51. The molecule has 0 bridgehead atoms. The Morgan fingerprint density at radius 2 is 1.81 bits per heavy atom. The van der Waals surface area contributed by atoms with E-state index in [1.54, 1.807) is 13.1 Å². The minimum Gasteiger partial charge on any atom is -0.399 e. The van der Waals surface area contributed by atoms with Crippen molar-refractivity contribution < 1.29 is 14.1 Å². The normalized spacial score (nSPS) is 20.0. The summed E-state index contributed by atoms with van der Waals surface area (Å²) in [5, 5.41) is 2.99. The second-order valence-corrected chi connectivity index (χ2v) is 6.08. The van der Waals surface area contributed by atoms with Crippen LogP contribution in [0.4, 0.5) is 5.69 Å². The van der Waals surface area contributed by atoms with E-state index >= 15 is 0 Å². The van der Waals surface area contributed by atoms with Gasteiger partial charge in [0.15, 0.2) is 6.29 Å². The second kappa shape index (κ2) is 5.62. The molecule has 1 aliphatic rings. The van der Waals surface area contributed by atoms with Crippen LogP contribution < -0.4 is 10.8 Å². The molecule has 0 aliphatic carbocycles. The number of hydrogen-bond acceptors (Lipinski definition) is 4. The fraction of sp³-hybridized carbons (Fsp3) is 0.467. The molecule has 0 unspecified atom stereocenters. The van der Waals surface area contributed by atoms with Gasteiger partial charge in [0, 0.05) is 18.3 Å². The molecule has 0 aromatic heterocycles. The number of anilines is 1. The summed E-state index contributed by atoms with van der Waals surface area (Å²) in [7, 11) is 1.21. The highest BCUT2D eigenvalue weighted by Crippen LogP contribution is 2.36. The molecule has 1 aromatic carbocycles. The third-order valence-electron chi connectivity index (χ3n) is 4.08. The van der Waals surface area contributed by atoms with E-state index < -0.39 is 7.12 Å². The quantitative estimate of drug-likeness (QED) is 0.398. The first kappa shape index (κ1) is 15.7. The van der Waals surface area contributed by atoms with Crippen molar-refractivity contribution in [2.75, 3.05) is 12.4 Å². The van der Waals surface area contributed by atoms with Gasteiger partial charge in [-0.2, -0.15) is 0 Å². The standard InChI is InChI=1S/C15H21BN2O3/c1-14(2)15(3,4)21-16(20-14)12-7-6-11(9-19)13(8-12)18-10-17-5/h6-10H,1-5H3,(H,17,18). The van der Waals surface area contributed by atoms with Gasteiger partial charge in [-0.3, -0.25) is 9.79 Å². The first-order valence-corrected chi connectivity index (χ1v) is 6.92. The topological polar surface area (TPSA) is 59.9 Å². The fourth-order valence-electron chi connectivity index (χ4n) is 2.06. The molecule has 1 heterocycles. The number of carbonyl (C=O) groups excluding carboxylic acids is 1. The van der Waals surface area contributed by atoms with E-state index in [0.29, 0.717) is 11.3 Å².